The SMILES string of the molecule is CC(C)C(=O)Nc1ccc(Cl)c(C(=O)N[C@@H]2CCC[C@@H]2C(=O)O)c1. The molecule has 0 aromatic heterocycles. The van der Waals surface area contributed by atoms with Gasteiger partial charge in [-0.1, -0.05) is 31.9 Å². The topological polar surface area (TPSA) is 95.5 Å². The zero-order valence-corrected chi connectivity index (χ0v) is 14.4. The molecular formula is C17H21ClN2O4. The highest BCUT2D eigenvalue weighted by molar-refractivity contribution is 6.34. The van der Waals surface area contributed by atoms with Crippen LogP contribution in [-0.2, 0) is 9.59 Å². The summed E-state index contributed by atoms with van der Waals surface area (Å²) >= 11 is 6.08. The maximum absolute atomic E-state index is 12.5. The molecule has 7 heteroatoms. The van der Waals surface area contributed by atoms with Crippen molar-refractivity contribution >= 4 is 35.1 Å². The number of carbonyl (C=O) groups is 3. The molecule has 1 fully saturated rings. The molecule has 6 nitrogen and oxygen atoms in total. The van der Waals surface area contributed by atoms with Crippen LogP contribution in [0.5, 0.6) is 0 Å². The molecular weight excluding hydrogens is 332 g/mol. The van der Waals surface area contributed by atoms with Crippen LogP contribution in [0.4, 0.5) is 5.69 Å². The van der Waals surface area contributed by atoms with E-state index in [0.717, 1.165) is 6.42 Å². The summed E-state index contributed by atoms with van der Waals surface area (Å²) in [5, 5.41) is 14.9. The summed E-state index contributed by atoms with van der Waals surface area (Å²) in [5.41, 5.74) is 0.693. The molecule has 0 bridgehead atoms. The van der Waals surface area contributed by atoms with E-state index in [1.54, 1.807) is 19.9 Å². The first-order valence-corrected chi connectivity index (χ1v) is 8.31. The number of aliphatic carboxylic acids is 1. The molecule has 2 rings (SSSR count). The van der Waals surface area contributed by atoms with Gasteiger partial charge in [0.05, 0.1) is 16.5 Å². The van der Waals surface area contributed by atoms with Crippen molar-refractivity contribution in [1.29, 1.82) is 0 Å². The Kier molecular flexibility index (Phi) is 5.83. The van der Waals surface area contributed by atoms with Gasteiger partial charge in [-0.15, -0.1) is 0 Å². The molecule has 1 aromatic carbocycles. The second-order valence-corrected chi connectivity index (χ2v) is 6.70. The molecule has 1 saturated carbocycles. The van der Waals surface area contributed by atoms with E-state index in [1.807, 2.05) is 0 Å². The summed E-state index contributed by atoms with van der Waals surface area (Å²) in [5.74, 6) is -2.25. The number of benzene rings is 1. The first-order chi connectivity index (χ1) is 11.3. The van der Waals surface area contributed by atoms with Crippen molar-refractivity contribution in [3.63, 3.8) is 0 Å². The van der Waals surface area contributed by atoms with Gasteiger partial charge in [0.1, 0.15) is 0 Å². The number of nitrogens with one attached hydrogen (secondary N) is 2. The first kappa shape index (κ1) is 18.3. The second-order valence-electron chi connectivity index (χ2n) is 6.29. The zero-order valence-electron chi connectivity index (χ0n) is 13.6. The summed E-state index contributed by atoms with van der Waals surface area (Å²) in [4.78, 5) is 35.4. The summed E-state index contributed by atoms with van der Waals surface area (Å²) in [6, 6.07) is 4.26. The number of hydrogen-bond acceptors (Lipinski definition) is 3. The third kappa shape index (κ3) is 4.26. The molecule has 130 valence electrons. The van der Waals surface area contributed by atoms with E-state index in [0.29, 0.717) is 18.5 Å². The molecule has 1 aliphatic rings. The van der Waals surface area contributed by atoms with Crippen molar-refractivity contribution in [2.75, 3.05) is 5.32 Å². The van der Waals surface area contributed by atoms with E-state index in [9.17, 15) is 19.5 Å². The fourth-order valence-corrected chi connectivity index (χ4v) is 2.94. The van der Waals surface area contributed by atoms with Gasteiger partial charge in [-0.2, -0.15) is 0 Å². The number of carbonyl (C=O) groups excluding carboxylic acids is 2. The Morgan fingerprint density at radius 2 is 1.96 bits per heavy atom. The predicted molar refractivity (Wildman–Crippen MR) is 91.2 cm³/mol. The van der Waals surface area contributed by atoms with Gasteiger partial charge in [-0.25, -0.2) is 0 Å². The maximum Gasteiger partial charge on any atom is 0.308 e. The van der Waals surface area contributed by atoms with Crippen LogP contribution in [0.1, 0.15) is 43.5 Å². The predicted octanol–water partition coefficient (Wildman–Crippen LogP) is 2.92. The van der Waals surface area contributed by atoms with Crippen LogP contribution in [0.15, 0.2) is 18.2 Å². The molecule has 24 heavy (non-hydrogen) atoms. The third-order valence-corrected chi connectivity index (χ3v) is 4.48. The fourth-order valence-electron chi connectivity index (χ4n) is 2.74. The van der Waals surface area contributed by atoms with Gasteiger partial charge in [0, 0.05) is 17.6 Å². The van der Waals surface area contributed by atoms with Gasteiger partial charge in [0.15, 0.2) is 0 Å². The highest BCUT2D eigenvalue weighted by Gasteiger charge is 2.34. The largest absolute Gasteiger partial charge is 0.481 e. The van der Waals surface area contributed by atoms with Crippen LogP contribution in [-0.4, -0.2) is 28.9 Å². The number of hydrogen-bond donors (Lipinski definition) is 3. The Morgan fingerprint density at radius 1 is 1.25 bits per heavy atom. The normalized spacial score (nSPS) is 20.0. The molecule has 0 radical (unpaired) electrons. The van der Waals surface area contributed by atoms with E-state index < -0.39 is 23.8 Å². The lowest BCUT2D eigenvalue weighted by Crippen LogP contribution is -2.40. The zero-order chi connectivity index (χ0) is 17.9. The number of carboxylic acid groups (broad SMARTS) is 1. The third-order valence-electron chi connectivity index (χ3n) is 4.15. The van der Waals surface area contributed by atoms with Crippen molar-refractivity contribution in [3.05, 3.63) is 28.8 Å². The monoisotopic (exact) mass is 352 g/mol. The standard InChI is InChI=1S/C17H21ClN2O4/c1-9(2)15(21)19-10-6-7-13(18)12(8-10)16(22)20-14-5-3-4-11(14)17(23)24/h6-9,11,14H,3-5H2,1-2H3,(H,19,21)(H,20,22)(H,23,24)/t11-,14+/m0/s1. The van der Waals surface area contributed by atoms with E-state index in [-0.39, 0.29) is 22.4 Å². The molecule has 0 spiro atoms. The maximum atomic E-state index is 12.5. The summed E-state index contributed by atoms with van der Waals surface area (Å²) < 4.78 is 0. The lowest BCUT2D eigenvalue weighted by atomic mass is 10.0. The van der Waals surface area contributed by atoms with Crippen LogP contribution in [0.25, 0.3) is 0 Å². The van der Waals surface area contributed by atoms with Crippen LogP contribution in [0.2, 0.25) is 5.02 Å². The summed E-state index contributed by atoms with van der Waals surface area (Å²) in [6.07, 6.45) is 1.95. The van der Waals surface area contributed by atoms with Crippen molar-refractivity contribution in [2.24, 2.45) is 11.8 Å². The first-order valence-electron chi connectivity index (χ1n) is 7.93. The van der Waals surface area contributed by atoms with Gasteiger partial charge >= 0.3 is 5.97 Å². The van der Waals surface area contributed by atoms with Gasteiger partial charge in [-0.3, -0.25) is 14.4 Å². The second kappa shape index (κ2) is 7.66. The molecule has 1 aromatic rings. The molecule has 0 unspecified atom stereocenters. The minimum absolute atomic E-state index is 0.162. The number of carboxylic acids is 1. The average Bonchev–Trinajstić information content (AvgIpc) is 2.97. The Bertz CT molecular complexity index is 660. The Hall–Kier alpha value is -2.08. The van der Waals surface area contributed by atoms with E-state index in [1.165, 1.54) is 12.1 Å². The van der Waals surface area contributed by atoms with E-state index >= 15 is 0 Å². The Labute approximate surface area is 145 Å². The van der Waals surface area contributed by atoms with Crippen LogP contribution < -0.4 is 10.6 Å². The molecule has 0 aliphatic heterocycles. The highest BCUT2D eigenvalue weighted by Crippen LogP contribution is 2.27. The number of amides is 2. The average molecular weight is 353 g/mol. The van der Waals surface area contributed by atoms with Crippen LogP contribution in [0, 0.1) is 11.8 Å². The molecule has 2 atom stereocenters. The fraction of sp³-hybridized carbons (Fsp3) is 0.471. The lowest BCUT2D eigenvalue weighted by molar-refractivity contribution is -0.142. The summed E-state index contributed by atoms with van der Waals surface area (Å²) in [7, 11) is 0. The van der Waals surface area contributed by atoms with Gasteiger partial charge in [0.25, 0.3) is 5.91 Å². The van der Waals surface area contributed by atoms with Crippen molar-refractivity contribution in [2.45, 2.75) is 39.2 Å². The molecule has 0 heterocycles. The Morgan fingerprint density at radius 3 is 2.58 bits per heavy atom. The van der Waals surface area contributed by atoms with Gasteiger partial charge in [-0.05, 0) is 31.0 Å². The summed E-state index contributed by atoms with van der Waals surface area (Å²) in [6.45, 7) is 3.54. The van der Waals surface area contributed by atoms with Crippen molar-refractivity contribution < 1.29 is 19.5 Å². The Balaban J connectivity index is 2.14. The lowest BCUT2D eigenvalue weighted by Gasteiger charge is -2.18. The van der Waals surface area contributed by atoms with E-state index in [4.69, 9.17) is 11.6 Å². The molecule has 1 aliphatic carbocycles. The minimum Gasteiger partial charge on any atom is -0.481 e. The molecule has 3 N–H and O–H groups in total. The smallest absolute Gasteiger partial charge is 0.308 e. The van der Waals surface area contributed by atoms with Crippen LogP contribution >= 0.6 is 11.6 Å². The number of anilines is 1. The quantitative estimate of drug-likeness (QED) is 0.759. The van der Waals surface area contributed by atoms with Gasteiger partial charge in [0.2, 0.25) is 5.91 Å². The van der Waals surface area contributed by atoms with Crippen molar-refractivity contribution in [3.8, 4) is 0 Å². The minimum atomic E-state index is -0.901. The van der Waals surface area contributed by atoms with E-state index in [2.05, 4.69) is 10.6 Å². The van der Waals surface area contributed by atoms with Gasteiger partial charge < -0.3 is 15.7 Å². The highest BCUT2D eigenvalue weighted by atomic mass is 35.5. The molecule has 0 saturated heterocycles. The van der Waals surface area contributed by atoms with Crippen LogP contribution in [0.3, 0.4) is 0 Å². The molecule has 2 amide bonds. The number of rotatable bonds is 5. The van der Waals surface area contributed by atoms with Crippen molar-refractivity contribution in [1.82, 2.24) is 5.32 Å². The number of halogens is 1.